The number of hydrogen-bond donors (Lipinski definition) is 1. The Kier molecular flexibility index (Phi) is 2.45. The molecule has 1 N–H and O–H groups in total. The minimum atomic E-state index is -2.43. The van der Waals surface area contributed by atoms with Gasteiger partial charge in [-0.3, -0.25) is 0 Å². The predicted molar refractivity (Wildman–Crippen MR) is 64.2 cm³/mol. The third-order valence-corrected chi connectivity index (χ3v) is 4.51. The van der Waals surface area contributed by atoms with Crippen LogP contribution in [0.15, 0.2) is 22.7 Å². The zero-order chi connectivity index (χ0) is 12.2. The number of rotatable bonds is 2. The standard InChI is InChI=1S/C12H12BrF2NO/c13-11-3-8(2-1-7(11)6-17)16-4-9-10(5-16)12(9,14)15/h1-3,9-10,17H,4-6H2. The summed E-state index contributed by atoms with van der Waals surface area (Å²) < 4.78 is 26.9. The van der Waals surface area contributed by atoms with Crippen LogP contribution in [0.5, 0.6) is 0 Å². The first-order valence-corrected chi connectivity index (χ1v) is 6.35. The van der Waals surface area contributed by atoms with Gasteiger partial charge in [-0.2, -0.15) is 0 Å². The Bertz CT molecular complexity index is 452. The molecule has 0 aromatic heterocycles. The van der Waals surface area contributed by atoms with E-state index in [1.54, 1.807) is 0 Å². The molecule has 2 fully saturated rings. The molecule has 2 aliphatic rings. The summed E-state index contributed by atoms with van der Waals surface area (Å²) in [7, 11) is 0. The van der Waals surface area contributed by atoms with E-state index in [2.05, 4.69) is 15.9 Å². The summed E-state index contributed by atoms with van der Waals surface area (Å²) in [6, 6.07) is 5.58. The molecule has 92 valence electrons. The highest BCUT2D eigenvalue weighted by Gasteiger charge is 2.71. The molecular weight excluding hydrogens is 292 g/mol. The van der Waals surface area contributed by atoms with Gasteiger partial charge in [0, 0.05) is 23.2 Å². The topological polar surface area (TPSA) is 23.5 Å². The molecular formula is C12H12BrF2NO. The fourth-order valence-corrected chi connectivity index (χ4v) is 3.07. The molecule has 17 heavy (non-hydrogen) atoms. The van der Waals surface area contributed by atoms with E-state index in [9.17, 15) is 8.78 Å². The highest BCUT2D eigenvalue weighted by Crippen LogP contribution is 2.59. The summed E-state index contributed by atoms with van der Waals surface area (Å²) in [5.41, 5.74) is 1.75. The van der Waals surface area contributed by atoms with Gasteiger partial charge >= 0.3 is 0 Å². The Balaban J connectivity index is 1.77. The highest BCUT2D eigenvalue weighted by molar-refractivity contribution is 9.10. The van der Waals surface area contributed by atoms with Crippen molar-refractivity contribution in [3.05, 3.63) is 28.2 Å². The van der Waals surface area contributed by atoms with Crippen LogP contribution in [0.3, 0.4) is 0 Å². The first-order valence-electron chi connectivity index (χ1n) is 5.56. The first-order chi connectivity index (χ1) is 8.04. The van der Waals surface area contributed by atoms with Gasteiger partial charge in [0.1, 0.15) is 0 Å². The van der Waals surface area contributed by atoms with Gasteiger partial charge in [0.05, 0.1) is 18.4 Å². The number of piperidine rings is 1. The Labute approximate surface area is 106 Å². The van der Waals surface area contributed by atoms with Crippen LogP contribution < -0.4 is 4.90 Å². The maximum Gasteiger partial charge on any atom is 0.258 e. The zero-order valence-electron chi connectivity index (χ0n) is 9.04. The maximum absolute atomic E-state index is 13.1. The minimum Gasteiger partial charge on any atom is -0.392 e. The van der Waals surface area contributed by atoms with E-state index < -0.39 is 17.8 Å². The monoisotopic (exact) mass is 303 g/mol. The normalized spacial score (nSPS) is 29.3. The Morgan fingerprint density at radius 1 is 1.35 bits per heavy atom. The Hall–Kier alpha value is -0.680. The molecule has 2 atom stereocenters. The van der Waals surface area contributed by atoms with Crippen LogP contribution in [0.25, 0.3) is 0 Å². The van der Waals surface area contributed by atoms with Gasteiger partial charge in [-0.15, -0.1) is 0 Å². The molecule has 2 nitrogen and oxygen atoms in total. The third-order valence-electron chi connectivity index (χ3n) is 3.77. The molecule has 0 bridgehead atoms. The van der Waals surface area contributed by atoms with Crippen molar-refractivity contribution >= 4 is 21.6 Å². The van der Waals surface area contributed by atoms with E-state index in [1.807, 2.05) is 23.1 Å². The average Bonchev–Trinajstić information content (AvgIpc) is 2.70. The summed E-state index contributed by atoms with van der Waals surface area (Å²) in [6.07, 6.45) is 0. The molecule has 1 saturated heterocycles. The molecule has 3 rings (SSSR count). The van der Waals surface area contributed by atoms with Crippen LogP contribution >= 0.6 is 15.9 Å². The van der Waals surface area contributed by atoms with Crippen molar-refractivity contribution in [3.63, 3.8) is 0 Å². The predicted octanol–water partition coefficient (Wildman–Crippen LogP) is 2.64. The average molecular weight is 304 g/mol. The van der Waals surface area contributed by atoms with Crippen LogP contribution in [0.4, 0.5) is 14.5 Å². The van der Waals surface area contributed by atoms with Crippen molar-refractivity contribution < 1.29 is 13.9 Å². The van der Waals surface area contributed by atoms with E-state index in [0.29, 0.717) is 13.1 Å². The second-order valence-electron chi connectivity index (χ2n) is 4.73. The van der Waals surface area contributed by atoms with Crippen LogP contribution in [-0.2, 0) is 6.61 Å². The molecule has 1 saturated carbocycles. The van der Waals surface area contributed by atoms with Gasteiger partial charge in [-0.05, 0) is 17.7 Å². The van der Waals surface area contributed by atoms with Gasteiger partial charge in [-0.1, -0.05) is 22.0 Å². The number of anilines is 1. The van der Waals surface area contributed by atoms with Gasteiger partial charge in [0.2, 0.25) is 0 Å². The number of nitrogens with zero attached hydrogens (tertiary/aromatic N) is 1. The molecule has 0 radical (unpaired) electrons. The lowest BCUT2D eigenvalue weighted by Gasteiger charge is -2.22. The number of aliphatic hydroxyl groups excluding tert-OH is 1. The van der Waals surface area contributed by atoms with Crippen molar-refractivity contribution in [2.24, 2.45) is 11.8 Å². The number of alkyl halides is 2. The zero-order valence-corrected chi connectivity index (χ0v) is 10.6. The Morgan fingerprint density at radius 3 is 2.53 bits per heavy atom. The second-order valence-corrected chi connectivity index (χ2v) is 5.58. The quantitative estimate of drug-likeness (QED) is 0.908. The largest absolute Gasteiger partial charge is 0.392 e. The van der Waals surface area contributed by atoms with E-state index in [4.69, 9.17) is 5.11 Å². The van der Waals surface area contributed by atoms with Gasteiger partial charge < -0.3 is 10.0 Å². The van der Waals surface area contributed by atoms with Crippen molar-refractivity contribution in [1.29, 1.82) is 0 Å². The third kappa shape index (κ3) is 1.67. The molecule has 1 heterocycles. The van der Waals surface area contributed by atoms with Gasteiger partial charge in [-0.25, -0.2) is 8.78 Å². The molecule has 1 aromatic carbocycles. The lowest BCUT2D eigenvalue weighted by Crippen LogP contribution is -2.27. The number of benzene rings is 1. The summed E-state index contributed by atoms with van der Waals surface area (Å²) in [6.45, 7) is 0.843. The number of hydrogen-bond acceptors (Lipinski definition) is 2. The van der Waals surface area contributed by atoms with Crippen molar-refractivity contribution in [1.82, 2.24) is 0 Å². The van der Waals surface area contributed by atoms with E-state index in [-0.39, 0.29) is 6.61 Å². The number of aliphatic hydroxyl groups is 1. The summed E-state index contributed by atoms with van der Waals surface area (Å²) in [4.78, 5) is 1.98. The maximum atomic E-state index is 13.1. The fraction of sp³-hybridized carbons (Fsp3) is 0.500. The van der Waals surface area contributed by atoms with E-state index in [0.717, 1.165) is 15.7 Å². The number of fused-ring (bicyclic) bond motifs is 1. The molecule has 1 aromatic rings. The van der Waals surface area contributed by atoms with Crippen molar-refractivity contribution in [3.8, 4) is 0 Å². The molecule has 1 aliphatic carbocycles. The molecule has 1 aliphatic heterocycles. The van der Waals surface area contributed by atoms with Crippen LogP contribution in [0.1, 0.15) is 5.56 Å². The van der Waals surface area contributed by atoms with Gasteiger partial charge in [0.25, 0.3) is 5.92 Å². The summed E-state index contributed by atoms with van der Waals surface area (Å²) in [5.74, 6) is -3.35. The fourth-order valence-electron chi connectivity index (χ4n) is 2.58. The molecule has 2 unspecified atom stereocenters. The van der Waals surface area contributed by atoms with Crippen LogP contribution in [0.2, 0.25) is 0 Å². The highest BCUT2D eigenvalue weighted by atomic mass is 79.9. The van der Waals surface area contributed by atoms with E-state index >= 15 is 0 Å². The lowest BCUT2D eigenvalue weighted by molar-refractivity contribution is 0.0798. The summed E-state index contributed by atoms with van der Waals surface area (Å²) in [5, 5.41) is 9.05. The van der Waals surface area contributed by atoms with Crippen molar-refractivity contribution in [2.45, 2.75) is 12.5 Å². The molecule has 0 spiro atoms. The first kappa shape index (κ1) is 11.4. The van der Waals surface area contributed by atoms with Crippen LogP contribution in [-0.4, -0.2) is 24.1 Å². The van der Waals surface area contributed by atoms with Gasteiger partial charge in [0.15, 0.2) is 0 Å². The minimum absolute atomic E-state index is 0.0236. The number of halogens is 3. The second kappa shape index (κ2) is 3.65. The van der Waals surface area contributed by atoms with Crippen LogP contribution in [0, 0.1) is 11.8 Å². The molecule has 0 amide bonds. The van der Waals surface area contributed by atoms with Crippen molar-refractivity contribution in [2.75, 3.05) is 18.0 Å². The smallest absolute Gasteiger partial charge is 0.258 e. The SMILES string of the molecule is OCc1ccc(N2CC3C(C2)C3(F)F)cc1Br. The molecule has 5 heteroatoms. The lowest BCUT2D eigenvalue weighted by atomic mass is 10.2. The Morgan fingerprint density at radius 2 is 2.00 bits per heavy atom. The van der Waals surface area contributed by atoms with E-state index in [1.165, 1.54) is 0 Å². The summed E-state index contributed by atoms with van der Waals surface area (Å²) >= 11 is 3.37.